The average Bonchev–Trinajstić information content (AvgIpc) is 2.59. The molecule has 0 bridgehead atoms. The summed E-state index contributed by atoms with van der Waals surface area (Å²) in [5.74, 6) is 0.335. The molecule has 128 valence electrons. The van der Waals surface area contributed by atoms with Crippen molar-refractivity contribution < 1.29 is 4.79 Å². The quantitative estimate of drug-likeness (QED) is 0.893. The Balaban J connectivity index is 0.00000208. The maximum absolute atomic E-state index is 13.0. The first-order chi connectivity index (χ1) is 11.3. The Bertz CT molecular complexity index is 593. The van der Waals surface area contributed by atoms with E-state index in [-0.39, 0.29) is 30.3 Å². The van der Waals surface area contributed by atoms with E-state index in [4.69, 9.17) is 0 Å². The fourth-order valence-corrected chi connectivity index (χ4v) is 3.24. The van der Waals surface area contributed by atoms with E-state index in [1.54, 1.807) is 0 Å². The predicted molar refractivity (Wildman–Crippen MR) is 101 cm³/mol. The summed E-state index contributed by atoms with van der Waals surface area (Å²) >= 11 is 0. The number of piperidine rings is 1. The highest BCUT2D eigenvalue weighted by molar-refractivity contribution is 5.87. The van der Waals surface area contributed by atoms with E-state index in [2.05, 4.69) is 17.6 Å². The first-order valence-corrected chi connectivity index (χ1v) is 8.36. The molecule has 1 aliphatic heterocycles. The Kier molecular flexibility index (Phi) is 6.83. The van der Waals surface area contributed by atoms with Crippen LogP contribution in [0.25, 0.3) is 0 Å². The molecule has 2 aromatic carbocycles. The van der Waals surface area contributed by atoms with Gasteiger partial charge in [-0.1, -0.05) is 67.6 Å². The fraction of sp³-hybridized carbons (Fsp3) is 0.350. The van der Waals surface area contributed by atoms with Gasteiger partial charge in [-0.3, -0.25) is 4.79 Å². The zero-order valence-electron chi connectivity index (χ0n) is 13.9. The normalized spacial score (nSPS) is 20.2. The van der Waals surface area contributed by atoms with E-state index < -0.39 is 0 Å². The zero-order chi connectivity index (χ0) is 16.1. The van der Waals surface area contributed by atoms with Crippen molar-refractivity contribution in [2.24, 2.45) is 5.92 Å². The van der Waals surface area contributed by atoms with Crippen molar-refractivity contribution in [3.63, 3.8) is 0 Å². The number of carbonyl (C=O) groups is 1. The topological polar surface area (TPSA) is 41.1 Å². The van der Waals surface area contributed by atoms with Crippen molar-refractivity contribution in [1.29, 1.82) is 0 Å². The van der Waals surface area contributed by atoms with Gasteiger partial charge in [-0.05, 0) is 30.0 Å². The first-order valence-electron chi connectivity index (χ1n) is 8.36. The molecule has 1 aliphatic rings. The van der Waals surface area contributed by atoms with Gasteiger partial charge >= 0.3 is 0 Å². The summed E-state index contributed by atoms with van der Waals surface area (Å²) in [5.41, 5.74) is 2.07. The maximum atomic E-state index is 13.0. The smallest absolute Gasteiger partial charge is 0.232 e. The highest BCUT2D eigenvalue weighted by atomic mass is 35.5. The molecule has 0 aliphatic carbocycles. The number of carbonyl (C=O) groups excluding carboxylic acids is 1. The molecule has 1 amide bonds. The first kappa shape index (κ1) is 18.5. The summed E-state index contributed by atoms with van der Waals surface area (Å²) in [5, 5.41) is 6.64. The minimum absolute atomic E-state index is 0. The summed E-state index contributed by atoms with van der Waals surface area (Å²) in [6, 6.07) is 20.2. The average molecular weight is 345 g/mol. The van der Waals surface area contributed by atoms with Gasteiger partial charge < -0.3 is 10.6 Å². The summed E-state index contributed by atoms with van der Waals surface area (Å²) in [6.45, 7) is 4.10. The molecule has 4 heteroatoms. The molecule has 0 radical (unpaired) electrons. The molecule has 3 nitrogen and oxygen atoms in total. The van der Waals surface area contributed by atoms with Crippen LogP contribution in [0.2, 0.25) is 0 Å². The fourth-order valence-electron chi connectivity index (χ4n) is 3.24. The molecule has 2 unspecified atom stereocenters. The summed E-state index contributed by atoms with van der Waals surface area (Å²) in [6.07, 6.45) is 1.10. The largest absolute Gasteiger partial charge is 0.351 e. The highest BCUT2D eigenvalue weighted by Crippen LogP contribution is 2.25. The van der Waals surface area contributed by atoms with Gasteiger partial charge in [0.15, 0.2) is 0 Å². The van der Waals surface area contributed by atoms with E-state index in [1.165, 1.54) is 0 Å². The van der Waals surface area contributed by atoms with Gasteiger partial charge in [-0.2, -0.15) is 0 Å². The van der Waals surface area contributed by atoms with Gasteiger partial charge in [0.2, 0.25) is 5.91 Å². The number of amides is 1. The number of nitrogens with one attached hydrogen (secondary N) is 2. The van der Waals surface area contributed by atoms with Gasteiger partial charge in [0.1, 0.15) is 0 Å². The predicted octanol–water partition coefficient (Wildman–Crippen LogP) is 3.35. The third-order valence-electron chi connectivity index (χ3n) is 4.68. The van der Waals surface area contributed by atoms with Crippen LogP contribution in [0.3, 0.4) is 0 Å². The van der Waals surface area contributed by atoms with Crippen molar-refractivity contribution in [3.8, 4) is 0 Å². The van der Waals surface area contributed by atoms with Gasteiger partial charge in [0.25, 0.3) is 0 Å². The van der Waals surface area contributed by atoms with Crippen LogP contribution in [0.4, 0.5) is 0 Å². The van der Waals surface area contributed by atoms with Crippen LogP contribution >= 0.6 is 12.4 Å². The molecular weight excluding hydrogens is 320 g/mol. The van der Waals surface area contributed by atoms with E-state index in [9.17, 15) is 4.79 Å². The number of hydrogen-bond donors (Lipinski definition) is 2. The summed E-state index contributed by atoms with van der Waals surface area (Å²) in [4.78, 5) is 13.0. The van der Waals surface area contributed by atoms with Gasteiger partial charge in [-0.15, -0.1) is 12.4 Å². The van der Waals surface area contributed by atoms with Crippen LogP contribution in [0.1, 0.15) is 30.4 Å². The molecule has 0 spiro atoms. The Labute approximate surface area is 150 Å². The van der Waals surface area contributed by atoms with Crippen LogP contribution in [-0.4, -0.2) is 25.0 Å². The molecular formula is C20H25ClN2O. The molecule has 1 saturated heterocycles. The van der Waals surface area contributed by atoms with Crippen LogP contribution in [0, 0.1) is 5.92 Å². The van der Waals surface area contributed by atoms with E-state index in [0.717, 1.165) is 30.6 Å². The zero-order valence-corrected chi connectivity index (χ0v) is 14.8. The Morgan fingerprint density at radius 1 is 1.04 bits per heavy atom. The van der Waals surface area contributed by atoms with Crippen molar-refractivity contribution in [3.05, 3.63) is 71.8 Å². The number of halogens is 1. The Hall–Kier alpha value is -1.84. The van der Waals surface area contributed by atoms with Crippen LogP contribution in [-0.2, 0) is 4.79 Å². The standard InChI is InChI=1S/C20H24N2O.ClH/c1-15-12-13-21-14-18(15)22-20(23)19(16-8-4-2-5-9-16)17-10-6-3-7-11-17;/h2-11,15,18-19,21H,12-14H2,1H3,(H,22,23);1H. The lowest BCUT2D eigenvalue weighted by molar-refractivity contribution is -0.122. The van der Waals surface area contributed by atoms with E-state index >= 15 is 0 Å². The van der Waals surface area contributed by atoms with E-state index in [0.29, 0.717) is 5.92 Å². The van der Waals surface area contributed by atoms with Gasteiger partial charge in [0, 0.05) is 12.6 Å². The Morgan fingerprint density at radius 3 is 2.08 bits per heavy atom. The van der Waals surface area contributed by atoms with E-state index in [1.807, 2.05) is 60.7 Å². The molecule has 2 N–H and O–H groups in total. The SMILES string of the molecule is CC1CCNCC1NC(=O)C(c1ccccc1)c1ccccc1.Cl. The van der Waals surface area contributed by atoms with Crippen molar-refractivity contribution in [2.75, 3.05) is 13.1 Å². The van der Waals surface area contributed by atoms with Crippen LogP contribution in [0.15, 0.2) is 60.7 Å². The number of benzene rings is 2. The third-order valence-corrected chi connectivity index (χ3v) is 4.68. The number of hydrogen-bond acceptors (Lipinski definition) is 2. The molecule has 1 heterocycles. The van der Waals surface area contributed by atoms with Crippen molar-refractivity contribution in [1.82, 2.24) is 10.6 Å². The van der Waals surface area contributed by atoms with Crippen LogP contribution < -0.4 is 10.6 Å². The molecule has 0 saturated carbocycles. The third kappa shape index (κ3) is 4.37. The second-order valence-electron chi connectivity index (χ2n) is 6.34. The second-order valence-corrected chi connectivity index (χ2v) is 6.34. The second kappa shape index (κ2) is 8.86. The highest BCUT2D eigenvalue weighted by Gasteiger charge is 2.28. The lowest BCUT2D eigenvalue weighted by Crippen LogP contribution is -2.51. The number of rotatable bonds is 4. The van der Waals surface area contributed by atoms with Gasteiger partial charge in [-0.25, -0.2) is 0 Å². The minimum Gasteiger partial charge on any atom is -0.351 e. The Morgan fingerprint density at radius 2 is 1.58 bits per heavy atom. The van der Waals surface area contributed by atoms with Crippen LogP contribution in [0.5, 0.6) is 0 Å². The van der Waals surface area contributed by atoms with Crippen molar-refractivity contribution in [2.45, 2.75) is 25.3 Å². The molecule has 24 heavy (non-hydrogen) atoms. The van der Waals surface area contributed by atoms with Crippen molar-refractivity contribution >= 4 is 18.3 Å². The monoisotopic (exact) mass is 344 g/mol. The summed E-state index contributed by atoms with van der Waals surface area (Å²) < 4.78 is 0. The van der Waals surface area contributed by atoms with Gasteiger partial charge in [0.05, 0.1) is 5.92 Å². The maximum Gasteiger partial charge on any atom is 0.232 e. The lowest BCUT2D eigenvalue weighted by Gasteiger charge is -2.31. The lowest BCUT2D eigenvalue weighted by atomic mass is 9.89. The minimum atomic E-state index is -0.258. The molecule has 3 rings (SSSR count). The molecule has 2 aromatic rings. The molecule has 2 atom stereocenters. The molecule has 0 aromatic heterocycles. The summed E-state index contributed by atoms with van der Waals surface area (Å²) in [7, 11) is 0. The molecule has 1 fully saturated rings.